The predicted molar refractivity (Wildman–Crippen MR) is 433 cm³/mol. The second kappa shape index (κ2) is 39.4. The number of carbonyl (C=O) groups excluding carboxylic acids is 9. The van der Waals surface area contributed by atoms with Crippen LogP contribution in [0, 0.1) is 18.8 Å². The molecule has 612 valence electrons. The first-order chi connectivity index (χ1) is 54.7. The topological polar surface area (TPSA) is 347 Å². The predicted octanol–water partition coefficient (Wildman–Crippen LogP) is 6.89. The maximum Gasteiger partial charge on any atom is 0.254 e. The summed E-state index contributed by atoms with van der Waals surface area (Å²) in [5.74, 6) is -2.60. The Kier molecular flexibility index (Phi) is 29.3. The number of anilines is 2. The van der Waals surface area contributed by atoms with E-state index in [1.807, 2.05) is 86.6 Å². The monoisotopic (exact) mass is 1600 g/mol. The molecule has 3 saturated heterocycles. The summed E-state index contributed by atoms with van der Waals surface area (Å²) in [4.78, 5) is 137. The third kappa shape index (κ3) is 22.5. The number of methoxy groups -OCH3 is 1. The number of thiazole rings is 1. The molecule has 32 heteroatoms. The first kappa shape index (κ1) is 84.9. The van der Waals surface area contributed by atoms with Crippen LogP contribution in [0.25, 0.3) is 21.7 Å². The highest BCUT2D eigenvalue weighted by Crippen LogP contribution is 2.42. The number of piperazine rings is 1. The second-order valence-electron chi connectivity index (χ2n) is 31.9. The van der Waals surface area contributed by atoms with E-state index in [2.05, 4.69) is 103 Å². The fraction of sp³-hybridized carbons (Fsp3) is 0.524. The summed E-state index contributed by atoms with van der Waals surface area (Å²) < 4.78 is 30.3. The van der Waals surface area contributed by atoms with Crippen molar-refractivity contribution in [3.63, 3.8) is 0 Å². The van der Waals surface area contributed by atoms with Gasteiger partial charge in [0.25, 0.3) is 17.7 Å². The minimum absolute atomic E-state index is 0.00493. The van der Waals surface area contributed by atoms with Crippen LogP contribution in [0.3, 0.4) is 0 Å². The van der Waals surface area contributed by atoms with Crippen LogP contribution >= 0.6 is 11.3 Å². The van der Waals surface area contributed by atoms with Crippen molar-refractivity contribution in [2.75, 3.05) is 122 Å². The van der Waals surface area contributed by atoms with E-state index >= 15 is 4.79 Å². The van der Waals surface area contributed by atoms with E-state index in [1.165, 1.54) is 12.2 Å². The summed E-state index contributed by atoms with van der Waals surface area (Å²) in [5.41, 5.74) is 7.76. The normalized spacial score (nSPS) is 18.3. The molecule has 3 fully saturated rings. The van der Waals surface area contributed by atoms with Crippen molar-refractivity contribution in [2.24, 2.45) is 11.8 Å². The van der Waals surface area contributed by atoms with Gasteiger partial charge in [0.2, 0.25) is 41.4 Å². The summed E-state index contributed by atoms with van der Waals surface area (Å²) in [6.45, 7) is 24.7. The molecule has 114 heavy (non-hydrogen) atoms. The molecule has 0 aliphatic carbocycles. The van der Waals surface area contributed by atoms with Crippen LogP contribution in [0.5, 0.6) is 11.6 Å². The lowest BCUT2D eigenvalue weighted by atomic mass is 9.91. The first-order valence-corrected chi connectivity index (χ1v) is 43.4. The Bertz CT molecular complexity index is 4340. The van der Waals surface area contributed by atoms with E-state index in [-0.39, 0.29) is 105 Å². The number of hydrogen-bond acceptors (Lipinski definition) is 23. The van der Waals surface area contributed by atoms with Gasteiger partial charge in [0, 0.05) is 103 Å². The Hall–Kier alpha value is -9.99. The van der Waals surface area contributed by atoms with Crippen LogP contribution in [-0.2, 0) is 58.7 Å². The number of fused-ring (bicyclic) bond motifs is 3. The van der Waals surface area contributed by atoms with Gasteiger partial charge < -0.3 is 69.8 Å². The molecule has 0 bridgehead atoms. The van der Waals surface area contributed by atoms with Crippen LogP contribution in [0.2, 0.25) is 18.1 Å². The van der Waals surface area contributed by atoms with Gasteiger partial charge in [-0.15, -0.1) is 21.5 Å². The van der Waals surface area contributed by atoms with Crippen LogP contribution in [0.4, 0.5) is 11.5 Å². The van der Waals surface area contributed by atoms with Gasteiger partial charge in [-0.3, -0.25) is 57.9 Å². The minimum atomic E-state index is -2.29. The molecule has 0 unspecified atom stereocenters. The molecule has 6 aromatic rings. The van der Waals surface area contributed by atoms with Crippen LogP contribution in [0.1, 0.15) is 121 Å². The fourth-order valence-electron chi connectivity index (χ4n) is 14.9. The Morgan fingerprint density at radius 2 is 1.45 bits per heavy atom. The van der Waals surface area contributed by atoms with Gasteiger partial charge in [-0.2, -0.15) is 0 Å². The van der Waals surface area contributed by atoms with Gasteiger partial charge >= 0.3 is 0 Å². The third-order valence-electron chi connectivity index (χ3n) is 22.3. The third-order valence-corrected chi connectivity index (χ3v) is 27.8. The van der Waals surface area contributed by atoms with E-state index in [4.69, 9.17) is 33.4 Å². The van der Waals surface area contributed by atoms with E-state index in [0.29, 0.717) is 80.2 Å². The highest BCUT2D eigenvalue weighted by Gasteiger charge is 2.48. The summed E-state index contributed by atoms with van der Waals surface area (Å²) in [5, 5.41) is 30.3. The van der Waals surface area contributed by atoms with Crippen molar-refractivity contribution < 1.29 is 66.3 Å². The molecule has 11 rings (SSSR count). The number of ether oxygens (including phenoxy) is 3. The zero-order chi connectivity index (χ0) is 81.2. The van der Waals surface area contributed by atoms with Crippen LogP contribution in [0.15, 0.2) is 113 Å². The maximum absolute atomic E-state index is 15.1. The molecule has 6 N–H and O–H groups in total. The van der Waals surface area contributed by atoms with Crippen molar-refractivity contribution >= 4 is 84.3 Å². The molecule has 0 saturated carbocycles. The van der Waals surface area contributed by atoms with Crippen molar-refractivity contribution in [2.45, 2.75) is 154 Å². The number of piperidine rings is 1. The van der Waals surface area contributed by atoms with Gasteiger partial charge in [-0.25, -0.2) is 4.98 Å². The number of nitrogens with one attached hydrogen (secondary N) is 6. The first-order valence-electron chi connectivity index (χ1n) is 39.6. The summed E-state index contributed by atoms with van der Waals surface area (Å²) in [6, 6.07) is 26.3. The number of benzene rings is 3. The number of carbonyl (C=O) groups is 9. The van der Waals surface area contributed by atoms with E-state index < -0.39 is 63.0 Å². The second-order valence-corrected chi connectivity index (χ2v) is 37.5. The number of unbranched alkanes of at least 4 members (excludes halogenated alkanes) is 2. The Morgan fingerprint density at radius 3 is 2.17 bits per heavy atom. The largest absolute Gasteiger partial charge is 0.474 e. The smallest absolute Gasteiger partial charge is 0.254 e. The zero-order valence-corrected chi connectivity index (χ0v) is 68.9. The number of imide groups is 1. The molecule has 3 aromatic carbocycles. The van der Waals surface area contributed by atoms with Crippen LogP contribution < -0.4 is 51.2 Å². The molecule has 3 aromatic heterocycles. The number of amides is 9. The summed E-state index contributed by atoms with van der Waals surface area (Å²) in [6.07, 6.45) is 6.27. The lowest BCUT2D eigenvalue weighted by molar-refractivity contribution is -0.141. The van der Waals surface area contributed by atoms with E-state index in [1.54, 1.807) is 53.7 Å². The number of rotatable bonds is 37. The number of likely N-dealkylation sites (tertiary alicyclic amines) is 2. The number of hydrogen-bond donors (Lipinski definition) is 6. The van der Waals surface area contributed by atoms with Crippen molar-refractivity contribution in [3.8, 4) is 33.3 Å². The highest BCUT2D eigenvalue weighted by molar-refractivity contribution is 7.13. The quantitative estimate of drug-likeness (QED) is 0.01000. The molecule has 0 spiro atoms. The number of nitrogens with zero attached hydrogens (tertiary/aromatic N) is 10. The van der Waals surface area contributed by atoms with Crippen molar-refractivity contribution in [3.05, 3.63) is 131 Å². The zero-order valence-electron chi connectivity index (χ0n) is 67.1. The summed E-state index contributed by atoms with van der Waals surface area (Å²) >= 11 is 1.59. The molecule has 9 amide bonds. The average molecular weight is 1600 g/mol. The average Bonchev–Trinajstić information content (AvgIpc) is 0.900. The SMILES string of the molecule is COCOc1ccccc1-c1cc2c(nn1)N(CNC(=O)CNC(=O)[C@H](Cc1ccccc1)NC(=O)CNC(=O)CNC(=O)CCCCCN1C(=O)C=CC1=O)C[C@H]1CN(CC3CCN(CCOc4cc([C@H](C(=O)N5C[C@H](O[Si](C)(C)C(C)(C)C)C[C@H]5C(=O)N[C@@H](C)c5ccc(-c6scnc6C)cc5)C(C)C)on4)CC3)CCN21. The molecule has 5 aliphatic rings. The number of aryl methyl sites for hydroxylation is 1. The van der Waals surface area contributed by atoms with Gasteiger partial charge in [0.15, 0.2) is 26.7 Å². The van der Waals surface area contributed by atoms with E-state index in [9.17, 15) is 38.4 Å². The fourth-order valence-corrected chi connectivity index (χ4v) is 17.1. The molecular weight excluding hydrogens is 1490 g/mol. The minimum Gasteiger partial charge on any atom is -0.474 e. The van der Waals surface area contributed by atoms with Crippen LogP contribution in [-0.4, -0.2) is 238 Å². The molecule has 30 nitrogen and oxygen atoms in total. The standard InChI is InChI=1S/C82H110N16O14SSi/c1-53(2)76(81(107)98-49-61(112-114(9,10)82(5,6)7)40-66(98)80(106)88-54(3)58-24-26-59(27-25-58)77-55(4)87-51-113-77)68-42-73(92-111-68)109-38-37-93-33-30-57(31-34-93)46-94-35-36-96-60(47-94)48-95(78-65(96)41-63(90-91-78)62-21-16-17-22-67(62)110-52-108-8)50-86-71(101)44-85-79(105)64(39-56-19-13-11-14-20-56)89-72(102)45-84-70(100)43-83-69(99)23-15-12-18-32-97-74(103)28-29-75(97)104/h11,13-14,16-17,19-22,24-29,41-42,51,53-54,57,60-61,64,66,76H,12,15,18,23,30-40,43-50,52H2,1-10H3,(H,83,99)(H,84,100)(H,85,105)(H,86,101)(H,88,106)(H,89,102)/t54-,60+,61+,64-,66-,76+/m0/s1. The van der Waals surface area contributed by atoms with Gasteiger partial charge in [-0.05, 0) is 123 Å². The van der Waals surface area contributed by atoms with Crippen molar-refractivity contribution in [1.29, 1.82) is 0 Å². The number of aromatic nitrogens is 4. The Morgan fingerprint density at radius 1 is 0.737 bits per heavy atom. The van der Waals surface area contributed by atoms with Gasteiger partial charge in [0.05, 0.1) is 72.0 Å². The van der Waals surface area contributed by atoms with E-state index in [0.717, 1.165) is 95.5 Å². The number of para-hydroxylation sites is 1. The summed E-state index contributed by atoms with van der Waals surface area (Å²) in [7, 11) is -0.736. The molecule has 6 atom stereocenters. The Labute approximate surface area is 671 Å². The van der Waals surface area contributed by atoms with Crippen molar-refractivity contribution in [1.82, 2.24) is 71.8 Å². The lowest BCUT2D eigenvalue weighted by Gasteiger charge is -2.49. The molecule has 5 aliphatic heterocycles. The highest BCUT2D eigenvalue weighted by atomic mass is 32.1. The Balaban J connectivity index is 0.657. The maximum atomic E-state index is 15.1. The molecule has 0 radical (unpaired) electrons. The van der Waals surface area contributed by atoms with Gasteiger partial charge in [-0.1, -0.05) is 108 Å². The molecule has 8 heterocycles. The molecular formula is C82H110N16O14SSi. The van der Waals surface area contributed by atoms with Gasteiger partial charge in [0.1, 0.15) is 30.4 Å². The lowest BCUT2D eigenvalue weighted by Crippen LogP contribution is -2.61.